The second-order valence-electron chi connectivity index (χ2n) is 2.55. The molecule has 2 rings (SSSR count). The Bertz CT molecular complexity index is 296. The molecule has 1 aromatic carbocycles. The van der Waals surface area contributed by atoms with Crippen LogP contribution in [-0.4, -0.2) is 19.0 Å². The van der Waals surface area contributed by atoms with Crippen molar-refractivity contribution in [2.45, 2.75) is 6.10 Å². The van der Waals surface area contributed by atoms with Gasteiger partial charge in [0, 0.05) is 0 Å². The van der Waals surface area contributed by atoms with Crippen molar-refractivity contribution in [3.63, 3.8) is 0 Å². The zero-order valence-electron chi connectivity index (χ0n) is 6.40. The van der Waals surface area contributed by atoms with Crippen LogP contribution in [0.25, 0.3) is 0 Å². The number of para-hydroxylation sites is 2. The predicted molar refractivity (Wildman–Crippen MR) is 42.4 cm³/mol. The molecule has 0 aromatic heterocycles. The summed E-state index contributed by atoms with van der Waals surface area (Å²) >= 11 is 0. The summed E-state index contributed by atoms with van der Waals surface area (Å²) in [6.45, 7) is 0.306. The van der Waals surface area contributed by atoms with E-state index in [0.717, 1.165) is 6.29 Å². The van der Waals surface area contributed by atoms with Crippen LogP contribution < -0.4 is 9.47 Å². The lowest BCUT2D eigenvalue weighted by molar-refractivity contribution is -0.115. The van der Waals surface area contributed by atoms with Crippen molar-refractivity contribution in [3.8, 4) is 11.5 Å². The molecule has 0 saturated carbocycles. The highest BCUT2D eigenvalue weighted by Gasteiger charge is 2.18. The molecule has 1 atom stereocenters. The van der Waals surface area contributed by atoms with Crippen LogP contribution in [0.2, 0.25) is 0 Å². The third-order valence-corrected chi connectivity index (χ3v) is 1.68. The Morgan fingerprint density at radius 3 is 2.83 bits per heavy atom. The fourth-order valence-corrected chi connectivity index (χ4v) is 1.10. The number of ether oxygens (including phenoxy) is 2. The molecule has 0 bridgehead atoms. The maximum atomic E-state index is 10.4. The summed E-state index contributed by atoms with van der Waals surface area (Å²) in [7, 11) is 0. The van der Waals surface area contributed by atoms with Gasteiger partial charge in [-0.3, -0.25) is 4.79 Å². The summed E-state index contributed by atoms with van der Waals surface area (Å²) in [5.41, 5.74) is 0. The fourth-order valence-electron chi connectivity index (χ4n) is 1.10. The van der Waals surface area contributed by atoms with Crippen LogP contribution in [0.3, 0.4) is 0 Å². The molecule has 0 aliphatic carbocycles. The number of carbonyl (C=O) groups is 1. The van der Waals surface area contributed by atoms with Crippen molar-refractivity contribution < 1.29 is 14.3 Å². The minimum absolute atomic E-state index is 0.306. The quantitative estimate of drug-likeness (QED) is 0.581. The molecule has 62 valence electrons. The van der Waals surface area contributed by atoms with Crippen LogP contribution in [0.4, 0.5) is 0 Å². The van der Waals surface area contributed by atoms with E-state index in [1.54, 1.807) is 6.07 Å². The number of benzene rings is 1. The highest BCUT2D eigenvalue weighted by atomic mass is 16.6. The summed E-state index contributed by atoms with van der Waals surface area (Å²) in [5.74, 6) is 1.34. The molecule has 0 amide bonds. The maximum Gasteiger partial charge on any atom is 0.187 e. The molecule has 1 aliphatic heterocycles. The molecular weight excluding hydrogens is 156 g/mol. The van der Waals surface area contributed by atoms with Gasteiger partial charge in [-0.15, -0.1) is 0 Å². The summed E-state index contributed by atoms with van der Waals surface area (Å²) < 4.78 is 10.6. The fraction of sp³-hybridized carbons (Fsp3) is 0.222. The van der Waals surface area contributed by atoms with Gasteiger partial charge in [-0.2, -0.15) is 0 Å². The summed E-state index contributed by atoms with van der Waals surface area (Å²) in [6.07, 6.45) is 0.288. The first-order valence-corrected chi connectivity index (χ1v) is 3.74. The van der Waals surface area contributed by atoms with Gasteiger partial charge in [-0.05, 0) is 12.1 Å². The van der Waals surface area contributed by atoms with Crippen LogP contribution in [0.5, 0.6) is 11.5 Å². The second-order valence-corrected chi connectivity index (χ2v) is 2.55. The van der Waals surface area contributed by atoms with E-state index in [9.17, 15) is 4.79 Å². The lowest BCUT2D eigenvalue weighted by atomic mass is 10.3. The summed E-state index contributed by atoms with van der Waals surface area (Å²) in [5, 5.41) is 0. The van der Waals surface area contributed by atoms with Crippen molar-refractivity contribution in [3.05, 3.63) is 24.3 Å². The van der Waals surface area contributed by atoms with Crippen molar-refractivity contribution in [1.82, 2.24) is 0 Å². The number of hydrogen-bond acceptors (Lipinski definition) is 3. The van der Waals surface area contributed by atoms with Gasteiger partial charge < -0.3 is 9.47 Å². The number of hydrogen-bond donors (Lipinski definition) is 0. The lowest BCUT2D eigenvalue weighted by Crippen LogP contribution is -2.30. The summed E-state index contributed by atoms with van der Waals surface area (Å²) in [4.78, 5) is 10.4. The molecule has 3 heteroatoms. The molecular formula is C9H8O3. The number of aldehydes is 1. The minimum Gasteiger partial charge on any atom is -0.485 e. The zero-order valence-corrected chi connectivity index (χ0v) is 6.40. The lowest BCUT2D eigenvalue weighted by Gasteiger charge is -2.22. The van der Waals surface area contributed by atoms with Crippen LogP contribution in [-0.2, 0) is 4.79 Å². The first-order chi connectivity index (χ1) is 5.90. The highest BCUT2D eigenvalue weighted by molar-refractivity contribution is 5.58. The normalized spacial score (nSPS) is 20.2. The molecule has 1 aliphatic rings. The Balaban J connectivity index is 2.28. The van der Waals surface area contributed by atoms with Crippen molar-refractivity contribution in [2.75, 3.05) is 6.61 Å². The molecule has 1 heterocycles. The van der Waals surface area contributed by atoms with Crippen LogP contribution >= 0.6 is 0 Å². The SMILES string of the molecule is O=C[C@@H]1COc2ccccc2O1. The minimum atomic E-state index is -0.458. The first kappa shape index (κ1) is 7.16. The highest BCUT2D eigenvalue weighted by Crippen LogP contribution is 2.30. The van der Waals surface area contributed by atoms with Gasteiger partial charge in [-0.1, -0.05) is 12.1 Å². The van der Waals surface area contributed by atoms with E-state index in [-0.39, 0.29) is 0 Å². The Labute approximate surface area is 69.9 Å². The van der Waals surface area contributed by atoms with Gasteiger partial charge >= 0.3 is 0 Å². The van der Waals surface area contributed by atoms with E-state index < -0.39 is 6.10 Å². The molecule has 0 unspecified atom stereocenters. The van der Waals surface area contributed by atoms with E-state index in [1.807, 2.05) is 18.2 Å². The molecule has 0 saturated heterocycles. The van der Waals surface area contributed by atoms with E-state index in [2.05, 4.69) is 0 Å². The average molecular weight is 164 g/mol. The van der Waals surface area contributed by atoms with Crippen LogP contribution in [0.1, 0.15) is 0 Å². The number of rotatable bonds is 1. The molecule has 0 radical (unpaired) electrons. The third-order valence-electron chi connectivity index (χ3n) is 1.68. The van der Waals surface area contributed by atoms with Crippen molar-refractivity contribution in [2.24, 2.45) is 0 Å². The maximum absolute atomic E-state index is 10.4. The average Bonchev–Trinajstić information content (AvgIpc) is 2.17. The third kappa shape index (κ3) is 1.13. The Hall–Kier alpha value is -1.51. The van der Waals surface area contributed by atoms with Gasteiger partial charge in [0.15, 0.2) is 23.9 Å². The van der Waals surface area contributed by atoms with Crippen LogP contribution in [0.15, 0.2) is 24.3 Å². The van der Waals surface area contributed by atoms with Gasteiger partial charge in [0.2, 0.25) is 0 Å². The van der Waals surface area contributed by atoms with Crippen molar-refractivity contribution >= 4 is 6.29 Å². The smallest absolute Gasteiger partial charge is 0.187 e. The second kappa shape index (κ2) is 2.85. The van der Waals surface area contributed by atoms with Gasteiger partial charge in [0.05, 0.1) is 0 Å². The standard InChI is InChI=1S/C9H8O3/c10-5-7-6-11-8-3-1-2-4-9(8)12-7/h1-5,7H,6H2/t7-/m1/s1. The molecule has 12 heavy (non-hydrogen) atoms. The Kier molecular flexibility index (Phi) is 1.70. The van der Waals surface area contributed by atoms with Gasteiger partial charge in [0.25, 0.3) is 0 Å². The molecule has 1 aromatic rings. The van der Waals surface area contributed by atoms with E-state index in [0.29, 0.717) is 18.1 Å². The first-order valence-electron chi connectivity index (χ1n) is 3.74. The number of fused-ring (bicyclic) bond motifs is 1. The van der Waals surface area contributed by atoms with E-state index >= 15 is 0 Å². The van der Waals surface area contributed by atoms with Gasteiger partial charge in [-0.25, -0.2) is 0 Å². The van der Waals surface area contributed by atoms with Gasteiger partial charge in [0.1, 0.15) is 6.61 Å². The monoisotopic (exact) mass is 164 g/mol. The summed E-state index contributed by atoms with van der Waals surface area (Å²) in [6, 6.07) is 7.31. The molecule has 0 fully saturated rings. The molecule has 0 N–H and O–H groups in total. The predicted octanol–water partition coefficient (Wildman–Crippen LogP) is 1.03. The Morgan fingerprint density at radius 1 is 1.33 bits per heavy atom. The topological polar surface area (TPSA) is 35.5 Å². The Morgan fingerprint density at radius 2 is 2.08 bits per heavy atom. The largest absolute Gasteiger partial charge is 0.485 e. The molecule has 0 spiro atoms. The van der Waals surface area contributed by atoms with Crippen LogP contribution in [0, 0.1) is 0 Å². The zero-order chi connectivity index (χ0) is 8.39. The molecule has 3 nitrogen and oxygen atoms in total. The van der Waals surface area contributed by atoms with E-state index in [4.69, 9.17) is 9.47 Å². The van der Waals surface area contributed by atoms with E-state index in [1.165, 1.54) is 0 Å². The number of carbonyl (C=O) groups excluding carboxylic acids is 1. The van der Waals surface area contributed by atoms with Crippen molar-refractivity contribution in [1.29, 1.82) is 0 Å².